The lowest BCUT2D eigenvalue weighted by Crippen LogP contribution is -1.93. The molecular weight excluding hydrogens is 302 g/mol. The molecule has 0 saturated heterocycles. The number of benzene rings is 2. The van der Waals surface area contributed by atoms with Crippen molar-refractivity contribution in [3.8, 4) is 17.2 Å². The molecule has 0 radical (unpaired) electrons. The van der Waals surface area contributed by atoms with Crippen LogP contribution >= 0.6 is 12.4 Å². The standard InChI is InChI=1S/C17H15NO3.ClH/c1-21-16-7-6-14-12(9-18-10-15(14)17(16)20)8-11-2-4-13(19)5-3-11;/h2-7,9-10,19-20H,8H2,1H3;1H. The summed E-state index contributed by atoms with van der Waals surface area (Å²) < 4.78 is 5.12. The van der Waals surface area contributed by atoms with Gasteiger partial charge in [-0.3, -0.25) is 4.98 Å². The summed E-state index contributed by atoms with van der Waals surface area (Å²) in [6.07, 6.45) is 4.10. The quantitative estimate of drug-likeness (QED) is 0.773. The monoisotopic (exact) mass is 317 g/mol. The van der Waals surface area contributed by atoms with Crippen LogP contribution < -0.4 is 4.74 Å². The number of phenolic OH excluding ortho intramolecular Hbond substituents is 2. The Kier molecular flexibility index (Phi) is 4.73. The van der Waals surface area contributed by atoms with Gasteiger partial charge < -0.3 is 14.9 Å². The third kappa shape index (κ3) is 2.92. The van der Waals surface area contributed by atoms with Crippen molar-refractivity contribution in [2.75, 3.05) is 7.11 Å². The van der Waals surface area contributed by atoms with Crippen molar-refractivity contribution >= 4 is 23.2 Å². The molecule has 0 aliphatic heterocycles. The minimum absolute atomic E-state index is 0. The fraction of sp³-hybridized carbons (Fsp3) is 0.118. The molecule has 0 spiro atoms. The summed E-state index contributed by atoms with van der Waals surface area (Å²) in [5.41, 5.74) is 2.08. The average Bonchev–Trinajstić information content (AvgIpc) is 2.51. The predicted octanol–water partition coefficient (Wildman–Crippen LogP) is 3.67. The number of ether oxygens (including phenoxy) is 1. The number of hydrogen-bond donors (Lipinski definition) is 2. The van der Waals surface area contributed by atoms with Crippen LogP contribution in [-0.4, -0.2) is 22.3 Å². The molecule has 0 bridgehead atoms. The Morgan fingerprint density at radius 2 is 1.68 bits per heavy atom. The van der Waals surface area contributed by atoms with Crippen LogP contribution in [0.2, 0.25) is 0 Å². The molecule has 0 saturated carbocycles. The third-order valence-electron chi connectivity index (χ3n) is 3.51. The zero-order valence-electron chi connectivity index (χ0n) is 12.0. The number of aromatic hydroxyl groups is 2. The number of phenols is 2. The summed E-state index contributed by atoms with van der Waals surface area (Å²) in [5, 5.41) is 21.1. The van der Waals surface area contributed by atoms with Crippen molar-refractivity contribution < 1.29 is 14.9 Å². The van der Waals surface area contributed by atoms with Crippen molar-refractivity contribution in [2.45, 2.75) is 6.42 Å². The van der Waals surface area contributed by atoms with E-state index in [0.29, 0.717) is 17.6 Å². The molecule has 0 atom stereocenters. The molecule has 2 aromatic carbocycles. The topological polar surface area (TPSA) is 62.6 Å². The molecule has 114 valence electrons. The van der Waals surface area contributed by atoms with Crippen LogP contribution in [0.5, 0.6) is 17.2 Å². The number of pyridine rings is 1. The van der Waals surface area contributed by atoms with Crippen LogP contribution in [0, 0.1) is 0 Å². The summed E-state index contributed by atoms with van der Waals surface area (Å²) in [7, 11) is 1.52. The minimum Gasteiger partial charge on any atom is -0.508 e. The van der Waals surface area contributed by atoms with Crippen LogP contribution in [0.25, 0.3) is 10.8 Å². The van der Waals surface area contributed by atoms with E-state index in [0.717, 1.165) is 16.5 Å². The van der Waals surface area contributed by atoms with Gasteiger partial charge in [-0.25, -0.2) is 0 Å². The molecular formula is C17H16ClNO3. The van der Waals surface area contributed by atoms with E-state index in [1.165, 1.54) is 7.11 Å². The second-order valence-electron chi connectivity index (χ2n) is 4.85. The number of fused-ring (bicyclic) bond motifs is 1. The molecule has 3 aromatic rings. The molecule has 4 nitrogen and oxygen atoms in total. The number of methoxy groups -OCH3 is 1. The van der Waals surface area contributed by atoms with Crippen molar-refractivity contribution in [3.63, 3.8) is 0 Å². The van der Waals surface area contributed by atoms with Crippen LogP contribution in [0.4, 0.5) is 0 Å². The Bertz CT molecular complexity index is 788. The van der Waals surface area contributed by atoms with Crippen molar-refractivity contribution in [1.29, 1.82) is 0 Å². The maximum Gasteiger partial charge on any atom is 0.167 e. The van der Waals surface area contributed by atoms with E-state index < -0.39 is 0 Å². The lowest BCUT2D eigenvalue weighted by atomic mass is 10.0. The van der Waals surface area contributed by atoms with E-state index in [2.05, 4.69) is 4.98 Å². The van der Waals surface area contributed by atoms with Gasteiger partial charge in [0.25, 0.3) is 0 Å². The molecule has 22 heavy (non-hydrogen) atoms. The van der Waals surface area contributed by atoms with Gasteiger partial charge in [0.2, 0.25) is 0 Å². The molecule has 0 fully saturated rings. The Labute approximate surface area is 134 Å². The lowest BCUT2D eigenvalue weighted by molar-refractivity contribution is 0.376. The van der Waals surface area contributed by atoms with Gasteiger partial charge in [-0.05, 0) is 41.1 Å². The van der Waals surface area contributed by atoms with E-state index in [-0.39, 0.29) is 23.9 Å². The van der Waals surface area contributed by atoms with Gasteiger partial charge in [-0.2, -0.15) is 0 Å². The summed E-state index contributed by atoms with van der Waals surface area (Å²) in [6.45, 7) is 0. The number of aromatic nitrogens is 1. The first-order valence-electron chi connectivity index (χ1n) is 6.59. The van der Waals surface area contributed by atoms with Crippen molar-refractivity contribution in [2.24, 2.45) is 0 Å². The SMILES string of the molecule is COc1ccc2c(Cc3ccc(O)cc3)cncc2c1O.Cl. The molecule has 1 heterocycles. The first-order valence-corrected chi connectivity index (χ1v) is 6.59. The van der Waals surface area contributed by atoms with Crippen LogP contribution in [0.15, 0.2) is 48.8 Å². The number of hydrogen-bond acceptors (Lipinski definition) is 4. The highest BCUT2D eigenvalue weighted by Crippen LogP contribution is 2.35. The zero-order chi connectivity index (χ0) is 14.8. The van der Waals surface area contributed by atoms with E-state index in [1.807, 2.05) is 18.2 Å². The molecule has 2 N–H and O–H groups in total. The highest BCUT2D eigenvalue weighted by atomic mass is 35.5. The largest absolute Gasteiger partial charge is 0.508 e. The molecule has 1 aromatic heterocycles. The second-order valence-corrected chi connectivity index (χ2v) is 4.85. The molecule has 5 heteroatoms. The third-order valence-corrected chi connectivity index (χ3v) is 3.51. The summed E-state index contributed by atoms with van der Waals surface area (Å²) in [5.74, 6) is 0.790. The van der Waals surface area contributed by atoms with Crippen LogP contribution in [-0.2, 0) is 6.42 Å². The molecule has 0 amide bonds. The summed E-state index contributed by atoms with van der Waals surface area (Å²) >= 11 is 0. The Morgan fingerprint density at radius 3 is 2.36 bits per heavy atom. The van der Waals surface area contributed by atoms with Gasteiger partial charge in [-0.1, -0.05) is 18.2 Å². The molecule has 0 unspecified atom stereocenters. The normalized spacial score (nSPS) is 10.2. The summed E-state index contributed by atoms with van der Waals surface area (Å²) in [6, 6.07) is 10.7. The number of halogens is 1. The predicted molar refractivity (Wildman–Crippen MR) is 88.1 cm³/mol. The fourth-order valence-electron chi connectivity index (χ4n) is 2.41. The Morgan fingerprint density at radius 1 is 0.955 bits per heavy atom. The van der Waals surface area contributed by atoms with E-state index >= 15 is 0 Å². The molecule has 3 rings (SSSR count). The van der Waals surface area contributed by atoms with Gasteiger partial charge >= 0.3 is 0 Å². The van der Waals surface area contributed by atoms with Gasteiger partial charge in [0.1, 0.15) is 5.75 Å². The van der Waals surface area contributed by atoms with Crippen LogP contribution in [0.3, 0.4) is 0 Å². The first-order chi connectivity index (χ1) is 10.2. The maximum absolute atomic E-state index is 10.2. The van der Waals surface area contributed by atoms with Crippen molar-refractivity contribution in [1.82, 2.24) is 4.98 Å². The zero-order valence-corrected chi connectivity index (χ0v) is 12.8. The van der Waals surface area contributed by atoms with E-state index in [4.69, 9.17) is 4.74 Å². The van der Waals surface area contributed by atoms with Gasteiger partial charge in [0, 0.05) is 17.8 Å². The molecule has 0 aliphatic rings. The number of rotatable bonds is 3. The Balaban J connectivity index is 0.00000176. The second kappa shape index (κ2) is 6.54. The minimum atomic E-state index is 0. The summed E-state index contributed by atoms with van der Waals surface area (Å²) in [4.78, 5) is 4.20. The Hall–Kier alpha value is -2.46. The van der Waals surface area contributed by atoms with Crippen molar-refractivity contribution in [3.05, 3.63) is 59.9 Å². The fourth-order valence-corrected chi connectivity index (χ4v) is 2.41. The average molecular weight is 318 g/mol. The first kappa shape index (κ1) is 15.9. The highest BCUT2D eigenvalue weighted by Gasteiger charge is 2.10. The molecule has 0 aliphatic carbocycles. The lowest BCUT2D eigenvalue weighted by Gasteiger charge is -2.10. The smallest absolute Gasteiger partial charge is 0.167 e. The van der Waals surface area contributed by atoms with E-state index in [9.17, 15) is 10.2 Å². The maximum atomic E-state index is 10.2. The van der Waals surface area contributed by atoms with Gasteiger partial charge in [0.15, 0.2) is 11.5 Å². The van der Waals surface area contributed by atoms with Gasteiger partial charge in [0.05, 0.1) is 7.11 Å². The van der Waals surface area contributed by atoms with E-state index in [1.54, 1.807) is 30.6 Å². The van der Waals surface area contributed by atoms with Crippen LogP contribution in [0.1, 0.15) is 11.1 Å². The van der Waals surface area contributed by atoms with Gasteiger partial charge in [-0.15, -0.1) is 12.4 Å². The highest BCUT2D eigenvalue weighted by molar-refractivity contribution is 5.92. The number of nitrogens with zero attached hydrogens (tertiary/aromatic N) is 1.